The molecule has 1 aromatic heterocycles. The molecule has 0 spiro atoms. The van der Waals surface area contributed by atoms with Gasteiger partial charge in [0.2, 0.25) is 16.9 Å². The maximum atomic E-state index is 13.2. The molecule has 1 N–H and O–H groups in total. The third-order valence-electron chi connectivity index (χ3n) is 6.10. The van der Waals surface area contributed by atoms with Gasteiger partial charge in [0.25, 0.3) is 0 Å². The molecule has 1 saturated carbocycles. The minimum atomic E-state index is -0.174. The molecule has 0 aliphatic heterocycles. The number of hydrogen-bond acceptors (Lipinski definition) is 6. The van der Waals surface area contributed by atoms with Crippen LogP contribution in [0.2, 0.25) is 0 Å². The maximum absolute atomic E-state index is 13.2. The second-order valence-electron chi connectivity index (χ2n) is 8.52. The summed E-state index contributed by atoms with van der Waals surface area (Å²) in [4.78, 5) is 27.8. The van der Waals surface area contributed by atoms with Crippen LogP contribution >= 0.6 is 11.3 Å². The van der Waals surface area contributed by atoms with Crippen molar-refractivity contribution in [3.63, 3.8) is 0 Å². The smallest absolute Gasteiger partial charge is 0.227 e. The Hall–Kier alpha value is -3.26. The van der Waals surface area contributed by atoms with Crippen LogP contribution in [-0.4, -0.2) is 40.6 Å². The van der Waals surface area contributed by atoms with Gasteiger partial charge in [-0.2, -0.15) is 0 Å². The molecule has 0 unspecified atom stereocenters. The van der Waals surface area contributed by atoms with Gasteiger partial charge in [-0.25, -0.2) is 0 Å². The largest absolute Gasteiger partial charge is 0.497 e. The molecule has 1 fully saturated rings. The second-order valence-corrected chi connectivity index (χ2v) is 9.50. The molecular weight excluding hydrogens is 448 g/mol. The van der Waals surface area contributed by atoms with Crippen LogP contribution < -0.4 is 10.1 Å². The van der Waals surface area contributed by atoms with Crippen LogP contribution in [0.25, 0.3) is 10.6 Å². The van der Waals surface area contributed by atoms with Gasteiger partial charge in [0, 0.05) is 31.0 Å². The molecule has 0 saturated heterocycles. The standard InChI is InChI=1S/C26H30N4O3S/c1-33-22-14-12-20(13-15-22)24-28-29-26(34-24)27-23(31)16-17-30(18-19-8-4-2-5-9-19)25(32)21-10-6-3-7-11-21/h2,4-5,8-9,12-15,21H,3,6-7,10-11,16-18H2,1H3,(H,27,29,31). The first-order chi connectivity index (χ1) is 16.6. The SMILES string of the molecule is COc1ccc(-c2nnc(NC(=O)CCN(Cc3ccccc3)C(=O)C3CCCCC3)s2)cc1. The fourth-order valence-electron chi connectivity index (χ4n) is 4.22. The van der Waals surface area contributed by atoms with Crippen molar-refractivity contribution in [2.75, 3.05) is 19.0 Å². The number of ether oxygens (including phenoxy) is 1. The third-order valence-corrected chi connectivity index (χ3v) is 6.99. The number of methoxy groups -OCH3 is 1. The summed E-state index contributed by atoms with van der Waals surface area (Å²) in [5.41, 5.74) is 1.98. The first-order valence-electron chi connectivity index (χ1n) is 11.7. The zero-order valence-electron chi connectivity index (χ0n) is 19.4. The topological polar surface area (TPSA) is 84.4 Å². The average molecular weight is 479 g/mol. The fraction of sp³-hybridized carbons (Fsp3) is 0.385. The number of aromatic nitrogens is 2. The number of rotatable bonds is 9. The van der Waals surface area contributed by atoms with Crippen LogP contribution in [0.1, 0.15) is 44.1 Å². The number of nitrogens with one attached hydrogen (secondary N) is 1. The summed E-state index contributed by atoms with van der Waals surface area (Å²) in [6.45, 7) is 0.893. The van der Waals surface area contributed by atoms with Crippen LogP contribution in [0.4, 0.5) is 5.13 Å². The fourth-order valence-corrected chi connectivity index (χ4v) is 4.99. The summed E-state index contributed by atoms with van der Waals surface area (Å²) in [6, 6.07) is 17.5. The number of benzene rings is 2. The Morgan fingerprint density at radius 3 is 2.47 bits per heavy atom. The lowest BCUT2D eigenvalue weighted by atomic mass is 9.88. The van der Waals surface area contributed by atoms with Crippen molar-refractivity contribution in [1.82, 2.24) is 15.1 Å². The van der Waals surface area contributed by atoms with Crippen molar-refractivity contribution in [1.29, 1.82) is 0 Å². The minimum Gasteiger partial charge on any atom is -0.497 e. The number of nitrogens with zero attached hydrogens (tertiary/aromatic N) is 3. The van der Waals surface area contributed by atoms with Crippen LogP contribution in [0.5, 0.6) is 5.75 Å². The van der Waals surface area contributed by atoms with E-state index in [4.69, 9.17) is 4.74 Å². The molecule has 1 heterocycles. The van der Waals surface area contributed by atoms with E-state index in [1.54, 1.807) is 7.11 Å². The van der Waals surface area contributed by atoms with Gasteiger partial charge in [-0.3, -0.25) is 9.59 Å². The van der Waals surface area contributed by atoms with E-state index < -0.39 is 0 Å². The summed E-state index contributed by atoms with van der Waals surface area (Å²) in [6.07, 6.45) is 5.49. The monoisotopic (exact) mass is 478 g/mol. The minimum absolute atomic E-state index is 0.0655. The van der Waals surface area contributed by atoms with Crippen LogP contribution in [0.15, 0.2) is 54.6 Å². The first kappa shape index (κ1) is 23.9. The first-order valence-corrected chi connectivity index (χ1v) is 12.5. The lowest BCUT2D eigenvalue weighted by Crippen LogP contribution is -2.38. The molecule has 3 aromatic rings. The van der Waals surface area contributed by atoms with Crippen LogP contribution in [0, 0.1) is 5.92 Å². The van der Waals surface area contributed by atoms with Gasteiger partial charge in [-0.05, 0) is 42.7 Å². The zero-order chi connectivity index (χ0) is 23.8. The van der Waals surface area contributed by atoms with Crippen molar-refractivity contribution in [2.24, 2.45) is 5.92 Å². The predicted molar refractivity (Wildman–Crippen MR) is 134 cm³/mol. The van der Waals surface area contributed by atoms with Crippen molar-refractivity contribution >= 4 is 28.3 Å². The average Bonchev–Trinajstić information content (AvgIpc) is 3.35. The van der Waals surface area contributed by atoms with E-state index in [0.29, 0.717) is 18.2 Å². The van der Waals surface area contributed by atoms with Gasteiger partial charge < -0.3 is 15.0 Å². The molecule has 0 radical (unpaired) electrons. The molecule has 0 bridgehead atoms. The number of anilines is 1. The van der Waals surface area contributed by atoms with E-state index in [1.807, 2.05) is 59.5 Å². The predicted octanol–water partition coefficient (Wildman–Crippen LogP) is 5.15. The Balaban J connectivity index is 1.36. The van der Waals surface area contributed by atoms with Gasteiger partial charge >= 0.3 is 0 Å². The molecule has 2 amide bonds. The van der Waals surface area contributed by atoms with Crippen molar-refractivity contribution < 1.29 is 14.3 Å². The number of carbonyl (C=O) groups excluding carboxylic acids is 2. The molecular formula is C26H30N4O3S. The number of carbonyl (C=O) groups is 2. The molecule has 8 heteroatoms. The molecule has 34 heavy (non-hydrogen) atoms. The quantitative estimate of drug-likeness (QED) is 0.460. The zero-order valence-corrected chi connectivity index (χ0v) is 20.2. The van der Waals surface area contributed by atoms with Crippen LogP contribution in [-0.2, 0) is 16.1 Å². The maximum Gasteiger partial charge on any atom is 0.227 e. The Kier molecular flexibility index (Phi) is 8.25. The summed E-state index contributed by atoms with van der Waals surface area (Å²) in [5.74, 6) is 0.821. The number of hydrogen-bond donors (Lipinski definition) is 1. The summed E-state index contributed by atoms with van der Waals surface area (Å²) in [5, 5.41) is 12.3. The summed E-state index contributed by atoms with van der Waals surface area (Å²) < 4.78 is 5.18. The highest BCUT2D eigenvalue weighted by atomic mass is 32.1. The van der Waals surface area contributed by atoms with Crippen LogP contribution in [0.3, 0.4) is 0 Å². The van der Waals surface area contributed by atoms with Crippen molar-refractivity contribution in [3.8, 4) is 16.3 Å². The van der Waals surface area contributed by atoms with E-state index in [2.05, 4.69) is 15.5 Å². The Morgan fingerprint density at radius 1 is 1.03 bits per heavy atom. The van der Waals surface area contributed by atoms with Crippen molar-refractivity contribution in [3.05, 3.63) is 60.2 Å². The van der Waals surface area contributed by atoms with Gasteiger partial charge in [0.1, 0.15) is 10.8 Å². The number of amides is 2. The van der Waals surface area contributed by atoms with Gasteiger partial charge in [0.15, 0.2) is 0 Å². The van der Waals surface area contributed by atoms with E-state index in [0.717, 1.165) is 47.6 Å². The Labute approximate surface area is 204 Å². The van der Waals surface area contributed by atoms with Gasteiger partial charge in [-0.1, -0.05) is 60.9 Å². The van der Waals surface area contributed by atoms with Gasteiger partial charge in [-0.15, -0.1) is 10.2 Å². The van der Waals surface area contributed by atoms with E-state index in [9.17, 15) is 9.59 Å². The highest BCUT2D eigenvalue weighted by molar-refractivity contribution is 7.18. The second kappa shape index (κ2) is 11.7. The normalized spacial score (nSPS) is 13.9. The molecule has 1 aliphatic rings. The molecule has 178 valence electrons. The highest BCUT2D eigenvalue weighted by Crippen LogP contribution is 2.28. The Morgan fingerprint density at radius 2 is 1.76 bits per heavy atom. The molecule has 7 nitrogen and oxygen atoms in total. The van der Waals surface area contributed by atoms with Crippen molar-refractivity contribution in [2.45, 2.75) is 45.1 Å². The lowest BCUT2D eigenvalue weighted by molar-refractivity contribution is -0.137. The Bertz CT molecular complexity index is 1080. The lowest BCUT2D eigenvalue weighted by Gasteiger charge is -2.29. The molecule has 2 aromatic carbocycles. The summed E-state index contributed by atoms with van der Waals surface area (Å²) >= 11 is 1.32. The molecule has 1 aliphatic carbocycles. The van der Waals surface area contributed by atoms with E-state index in [1.165, 1.54) is 17.8 Å². The van der Waals surface area contributed by atoms with Gasteiger partial charge in [0.05, 0.1) is 7.11 Å². The van der Waals surface area contributed by atoms with E-state index >= 15 is 0 Å². The molecule has 0 atom stereocenters. The third kappa shape index (κ3) is 6.41. The highest BCUT2D eigenvalue weighted by Gasteiger charge is 2.26. The van der Waals surface area contributed by atoms with E-state index in [-0.39, 0.29) is 24.2 Å². The summed E-state index contributed by atoms with van der Waals surface area (Å²) in [7, 11) is 1.62. The molecule has 4 rings (SSSR count).